The van der Waals surface area contributed by atoms with Crippen molar-refractivity contribution in [3.63, 3.8) is 0 Å². The fourth-order valence-electron chi connectivity index (χ4n) is 2.23. The highest BCUT2D eigenvalue weighted by atomic mass is 16.2. The molecule has 0 aromatic carbocycles. The summed E-state index contributed by atoms with van der Waals surface area (Å²) in [6, 6.07) is 0.384. The summed E-state index contributed by atoms with van der Waals surface area (Å²) in [5, 5.41) is 3.38. The lowest BCUT2D eigenvalue weighted by atomic mass is 10.1. The predicted octanol–water partition coefficient (Wildman–Crippen LogP) is 0.317. The molecular weight excluding hydrogens is 140 g/mol. The van der Waals surface area contributed by atoms with Gasteiger partial charge in [0.2, 0.25) is 5.91 Å². The Labute approximate surface area is 66.8 Å². The molecule has 1 amide bonds. The van der Waals surface area contributed by atoms with Crippen molar-refractivity contribution in [1.82, 2.24) is 10.2 Å². The second-order valence-corrected chi connectivity index (χ2v) is 3.77. The highest BCUT2D eigenvalue weighted by Gasteiger charge is 2.47. The smallest absolute Gasteiger partial charge is 0.224 e. The number of hydrogen-bond donors (Lipinski definition) is 1. The number of nitrogens with one attached hydrogen (secondary N) is 1. The molecule has 2 aliphatic rings. The lowest BCUT2D eigenvalue weighted by molar-refractivity contribution is -0.131. The molecule has 0 aromatic heterocycles. The van der Waals surface area contributed by atoms with Crippen LogP contribution in [0.1, 0.15) is 26.7 Å². The van der Waals surface area contributed by atoms with Crippen LogP contribution in [0.2, 0.25) is 0 Å². The van der Waals surface area contributed by atoms with Crippen LogP contribution in [0.4, 0.5) is 0 Å². The maximum atomic E-state index is 11.4. The number of amides is 1. The molecule has 0 unspecified atom stereocenters. The molecule has 0 spiro atoms. The number of rotatable bonds is 0. The highest BCUT2D eigenvalue weighted by molar-refractivity contribution is 5.80. The molecule has 3 nitrogen and oxygen atoms in total. The zero-order valence-corrected chi connectivity index (χ0v) is 7.05. The molecule has 0 aromatic rings. The Morgan fingerprint density at radius 3 is 3.09 bits per heavy atom. The first-order valence-electron chi connectivity index (χ1n) is 4.21. The van der Waals surface area contributed by atoms with Crippen molar-refractivity contribution in [3.8, 4) is 0 Å². The first kappa shape index (κ1) is 7.10. The molecule has 2 heterocycles. The van der Waals surface area contributed by atoms with Crippen LogP contribution in [-0.2, 0) is 4.79 Å². The Hall–Kier alpha value is -0.570. The number of hydrogen-bond acceptors (Lipinski definition) is 2. The van der Waals surface area contributed by atoms with Gasteiger partial charge in [-0.05, 0) is 20.3 Å². The van der Waals surface area contributed by atoms with Gasteiger partial charge in [0.1, 0.15) is 0 Å². The predicted molar refractivity (Wildman–Crippen MR) is 41.9 cm³/mol. The van der Waals surface area contributed by atoms with E-state index in [1.54, 1.807) is 0 Å². The van der Waals surface area contributed by atoms with Crippen molar-refractivity contribution in [1.29, 1.82) is 0 Å². The first-order valence-corrected chi connectivity index (χ1v) is 4.21. The lowest BCUT2D eigenvalue weighted by Gasteiger charge is -2.29. The van der Waals surface area contributed by atoms with E-state index in [1.807, 2.05) is 4.90 Å². The minimum absolute atomic E-state index is 0.0174. The molecule has 0 bridgehead atoms. The van der Waals surface area contributed by atoms with Gasteiger partial charge in [0.05, 0.1) is 5.66 Å². The van der Waals surface area contributed by atoms with E-state index in [9.17, 15) is 4.79 Å². The van der Waals surface area contributed by atoms with Crippen LogP contribution in [0.15, 0.2) is 0 Å². The maximum Gasteiger partial charge on any atom is 0.224 e. The third-order valence-corrected chi connectivity index (χ3v) is 2.85. The van der Waals surface area contributed by atoms with Gasteiger partial charge in [0.25, 0.3) is 0 Å². The standard InChI is InChI=1S/C8H14N2O/c1-6-5-9-8(2)4-3-7(11)10(6)8/h6,9H,3-5H2,1-2H3/t6-,8+/m1/s1. The van der Waals surface area contributed by atoms with E-state index in [4.69, 9.17) is 0 Å². The van der Waals surface area contributed by atoms with Crippen LogP contribution < -0.4 is 5.32 Å². The summed E-state index contributed by atoms with van der Waals surface area (Å²) in [4.78, 5) is 13.4. The fraction of sp³-hybridized carbons (Fsp3) is 0.875. The molecule has 2 aliphatic heterocycles. The van der Waals surface area contributed by atoms with Crippen LogP contribution in [0.5, 0.6) is 0 Å². The molecule has 2 atom stereocenters. The zero-order chi connectivity index (χ0) is 8.06. The number of carbonyl (C=O) groups is 1. The Morgan fingerprint density at radius 1 is 1.73 bits per heavy atom. The van der Waals surface area contributed by atoms with E-state index in [-0.39, 0.29) is 5.66 Å². The molecule has 0 radical (unpaired) electrons. The molecule has 11 heavy (non-hydrogen) atoms. The van der Waals surface area contributed by atoms with Crippen molar-refractivity contribution in [2.45, 2.75) is 38.4 Å². The van der Waals surface area contributed by atoms with E-state index in [0.717, 1.165) is 13.0 Å². The van der Waals surface area contributed by atoms with Gasteiger partial charge >= 0.3 is 0 Å². The summed E-state index contributed by atoms with van der Waals surface area (Å²) in [5.74, 6) is 0.310. The molecule has 0 saturated carbocycles. The van der Waals surface area contributed by atoms with Crippen molar-refractivity contribution < 1.29 is 4.79 Å². The highest BCUT2D eigenvalue weighted by Crippen LogP contribution is 2.33. The Morgan fingerprint density at radius 2 is 2.45 bits per heavy atom. The Bertz CT molecular complexity index is 204. The average molecular weight is 154 g/mol. The molecule has 1 N–H and O–H groups in total. The van der Waals surface area contributed by atoms with Crippen molar-refractivity contribution >= 4 is 5.91 Å². The molecule has 62 valence electrons. The first-order chi connectivity index (χ1) is 5.13. The largest absolute Gasteiger partial charge is 0.321 e. The summed E-state index contributed by atoms with van der Waals surface area (Å²) in [6.45, 7) is 5.16. The minimum Gasteiger partial charge on any atom is -0.321 e. The third-order valence-electron chi connectivity index (χ3n) is 2.85. The molecule has 2 fully saturated rings. The monoisotopic (exact) mass is 154 g/mol. The van der Waals surface area contributed by atoms with E-state index in [1.165, 1.54) is 0 Å². The quantitative estimate of drug-likeness (QED) is 0.545. The molecule has 3 heteroatoms. The summed E-state index contributed by atoms with van der Waals surface area (Å²) in [6.07, 6.45) is 1.68. The van der Waals surface area contributed by atoms with Gasteiger partial charge in [-0.3, -0.25) is 10.1 Å². The number of carbonyl (C=O) groups excluding carboxylic acids is 1. The van der Waals surface area contributed by atoms with Gasteiger partial charge in [0, 0.05) is 19.0 Å². The second-order valence-electron chi connectivity index (χ2n) is 3.77. The van der Waals surface area contributed by atoms with E-state index < -0.39 is 0 Å². The van der Waals surface area contributed by atoms with Gasteiger partial charge in [-0.1, -0.05) is 0 Å². The Balaban J connectivity index is 2.30. The van der Waals surface area contributed by atoms with Gasteiger partial charge < -0.3 is 4.90 Å². The number of fused-ring (bicyclic) bond motifs is 1. The average Bonchev–Trinajstić information content (AvgIpc) is 2.38. The van der Waals surface area contributed by atoms with Crippen LogP contribution in [0.3, 0.4) is 0 Å². The molecule has 0 aliphatic carbocycles. The molecule has 2 rings (SSSR count). The lowest BCUT2D eigenvalue weighted by Crippen LogP contribution is -2.46. The van der Waals surface area contributed by atoms with Crippen molar-refractivity contribution in [2.24, 2.45) is 0 Å². The van der Waals surface area contributed by atoms with Gasteiger partial charge in [-0.15, -0.1) is 0 Å². The third kappa shape index (κ3) is 0.805. The fourth-order valence-corrected chi connectivity index (χ4v) is 2.23. The van der Waals surface area contributed by atoms with Crippen LogP contribution in [0.25, 0.3) is 0 Å². The minimum atomic E-state index is -0.0174. The van der Waals surface area contributed by atoms with Crippen LogP contribution in [-0.4, -0.2) is 29.1 Å². The SMILES string of the molecule is C[C@@H]1CN[C@]2(C)CCC(=O)N12. The van der Waals surface area contributed by atoms with Crippen molar-refractivity contribution in [3.05, 3.63) is 0 Å². The molecular formula is C8H14N2O. The second kappa shape index (κ2) is 1.97. The topological polar surface area (TPSA) is 32.3 Å². The summed E-state index contributed by atoms with van der Waals surface area (Å²) in [5.41, 5.74) is -0.0174. The van der Waals surface area contributed by atoms with Crippen LogP contribution >= 0.6 is 0 Å². The van der Waals surface area contributed by atoms with E-state index in [0.29, 0.717) is 18.4 Å². The Kier molecular flexibility index (Phi) is 1.27. The van der Waals surface area contributed by atoms with Crippen LogP contribution in [0, 0.1) is 0 Å². The number of nitrogens with zero attached hydrogens (tertiary/aromatic N) is 1. The van der Waals surface area contributed by atoms with Gasteiger partial charge in [-0.25, -0.2) is 0 Å². The van der Waals surface area contributed by atoms with E-state index in [2.05, 4.69) is 19.2 Å². The summed E-state index contributed by atoms with van der Waals surface area (Å²) >= 11 is 0. The van der Waals surface area contributed by atoms with Crippen molar-refractivity contribution in [2.75, 3.05) is 6.54 Å². The maximum absolute atomic E-state index is 11.4. The molecule has 2 saturated heterocycles. The normalized spacial score (nSPS) is 43.3. The van der Waals surface area contributed by atoms with Gasteiger partial charge in [0.15, 0.2) is 0 Å². The summed E-state index contributed by atoms with van der Waals surface area (Å²) < 4.78 is 0. The van der Waals surface area contributed by atoms with Gasteiger partial charge in [-0.2, -0.15) is 0 Å². The zero-order valence-electron chi connectivity index (χ0n) is 7.05. The summed E-state index contributed by atoms with van der Waals surface area (Å²) in [7, 11) is 0. The van der Waals surface area contributed by atoms with E-state index >= 15 is 0 Å².